The Hall–Kier alpha value is -1.39. The van der Waals surface area contributed by atoms with E-state index in [1.54, 1.807) is 18.2 Å². The molecule has 0 bridgehead atoms. The molecule has 1 aromatic rings. The number of hydroxylamine groups is 2. The molecule has 120 valence electrons. The predicted octanol–water partition coefficient (Wildman–Crippen LogP) is 1.89. The van der Waals surface area contributed by atoms with Gasteiger partial charge in [-0.05, 0) is 18.6 Å². The lowest BCUT2D eigenvalue weighted by Crippen LogP contribution is -2.46. The van der Waals surface area contributed by atoms with Crippen molar-refractivity contribution in [2.24, 2.45) is 0 Å². The maximum atomic E-state index is 11.9. The van der Waals surface area contributed by atoms with Gasteiger partial charge in [0.25, 0.3) is 0 Å². The number of carbonyl (C=O) groups excluding carboxylic acids is 1. The minimum atomic E-state index is -0.446. The first kappa shape index (κ1) is 15.5. The van der Waals surface area contributed by atoms with Crippen molar-refractivity contribution in [2.75, 3.05) is 17.3 Å². The summed E-state index contributed by atoms with van der Waals surface area (Å²) >= 11 is 3.30. The molecule has 1 atom stereocenters. The van der Waals surface area contributed by atoms with E-state index in [0.29, 0.717) is 36.6 Å². The van der Waals surface area contributed by atoms with Gasteiger partial charge in [-0.1, -0.05) is 27.6 Å². The summed E-state index contributed by atoms with van der Waals surface area (Å²) in [5.41, 5.74) is 2.90. The van der Waals surface area contributed by atoms with E-state index in [4.69, 9.17) is 19.4 Å². The van der Waals surface area contributed by atoms with Gasteiger partial charge >= 0.3 is 0 Å². The molecule has 1 unspecified atom stereocenters. The number of amides is 1. The second kappa shape index (κ2) is 7.25. The fourth-order valence-electron chi connectivity index (χ4n) is 2.04. The number of para-hydroxylation sites is 1. The predicted molar refractivity (Wildman–Crippen MR) is 79.8 cm³/mol. The molecule has 8 nitrogen and oxygen atoms in total. The molecule has 0 aromatic heterocycles. The SMILES string of the molecule is O=C(CCCBr)Nc1cccc2c1ON(C1CCONO1)O2. The van der Waals surface area contributed by atoms with Crippen LogP contribution in [0.15, 0.2) is 18.2 Å². The second-order valence-corrected chi connectivity index (χ2v) is 5.53. The van der Waals surface area contributed by atoms with Crippen LogP contribution in [0.25, 0.3) is 0 Å². The van der Waals surface area contributed by atoms with E-state index in [2.05, 4.69) is 26.9 Å². The van der Waals surface area contributed by atoms with Crippen LogP contribution in [0.5, 0.6) is 11.5 Å². The lowest BCUT2D eigenvalue weighted by atomic mass is 10.2. The van der Waals surface area contributed by atoms with E-state index >= 15 is 0 Å². The van der Waals surface area contributed by atoms with Crippen LogP contribution in [0, 0.1) is 0 Å². The number of halogens is 1. The summed E-state index contributed by atoms with van der Waals surface area (Å²) in [7, 11) is 0. The molecule has 0 aliphatic carbocycles. The molecule has 3 rings (SSSR count). The third-order valence-electron chi connectivity index (χ3n) is 3.11. The zero-order valence-corrected chi connectivity index (χ0v) is 13.3. The molecule has 9 heteroatoms. The van der Waals surface area contributed by atoms with Crippen LogP contribution in [-0.2, 0) is 14.5 Å². The van der Waals surface area contributed by atoms with Crippen LogP contribution in [0.2, 0.25) is 0 Å². The Kier molecular flexibility index (Phi) is 5.11. The van der Waals surface area contributed by atoms with E-state index in [1.807, 2.05) is 0 Å². The number of nitrogens with zero attached hydrogens (tertiary/aromatic N) is 1. The number of rotatable bonds is 5. The van der Waals surface area contributed by atoms with Crippen molar-refractivity contribution in [1.29, 1.82) is 0 Å². The number of benzene rings is 1. The molecule has 2 heterocycles. The first-order chi connectivity index (χ1) is 10.8. The van der Waals surface area contributed by atoms with Crippen LogP contribution < -0.4 is 20.6 Å². The Labute approximate surface area is 135 Å². The van der Waals surface area contributed by atoms with Crippen LogP contribution >= 0.6 is 15.9 Å². The zero-order valence-electron chi connectivity index (χ0n) is 11.7. The van der Waals surface area contributed by atoms with Gasteiger partial charge in [-0.15, -0.1) is 0 Å². The Morgan fingerprint density at radius 3 is 3.14 bits per heavy atom. The van der Waals surface area contributed by atoms with E-state index < -0.39 is 6.23 Å². The second-order valence-electron chi connectivity index (χ2n) is 4.73. The van der Waals surface area contributed by atoms with Gasteiger partial charge in [0.05, 0.1) is 17.5 Å². The molecule has 2 N–H and O–H groups in total. The fourth-order valence-corrected chi connectivity index (χ4v) is 2.32. The Morgan fingerprint density at radius 2 is 2.36 bits per heavy atom. The van der Waals surface area contributed by atoms with Crippen LogP contribution in [-0.4, -0.2) is 29.3 Å². The minimum absolute atomic E-state index is 0.0705. The topological polar surface area (TPSA) is 81.3 Å². The molecule has 22 heavy (non-hydrogen) atoms. The fraction of sp³-hybridized carbons (Fsp3) is 0.462. The zero-order chi connectivity index (χ0) is 15.4. The van der Waals surface area contributed by atoms with E-state index in [1.165, 1.54) is 5.23 Å². The number of carbonyl (C=O) groups is 1. The standard InChI is InChI=1S/C13H16BrN3O5/c14-7-2-5-11(18)15-9-3-1-4-10-13(9)22-17(21-10)12-6-8-19-16-20-12/h1,3-4,12,16H,2,5-8H2,(H,15,18). The van der Waals surface area contributed by atoms with E-state index in [-0.39, 0.29) is 5.91 Å². The molecule has 1 amide bonds. The third-order valence-corrected chi connectivity index (χ3v) is 3.67. The van der Waals surface area contributed by atoms with Gasteiger partial charge in [-0.25, -0.2) is 0 Å². The lowest BCUT2D eigenvalue weighted by Gasteiger charge is -2.26. The number of anilines is 1. The number of hydrogen-bond acceptors (Lipinski definition) is 7. The highest BCUT2D eigenvalue weighted by atomic mass is 79.9. The number of fused-ring (bicyclic) bond motifs is 1. The normalized spacial score (nSPS) is 20.9. The van der Waals surface area contributed by atoms with Gasteiger partial charge in [0.15, 0.2) is 5.75 Å². The maximum Gasteiger partial charge on any atom is 0.224 e. The Balaban J connectivity index is 1.67. The molecule has 2 aliphatic rings. The largest absolute Gasteiger partial charge is 0.365 e. The number of hydrogen-bond donors (Lipinski definition) is 2. The molecular formula is C13H16BrN3O5. The highest BCUT2D eigenvalue weighted by molar-refractivity contribution is 9.09. The van der Waals surface area contributed by atoms with E-state index in [9.17, 15) is 4.79 Å². The van der Waals surface area contributed by atoms with Crippen molar-refractivity contribution >= 4 is 27.5 Å². The highest BCUT2D eigenvalue weighted by Gasteiger charge is 2.34. The van der Waals surface area contributed by atoms with Gasteiger partial charge in [0.1, 0.15) is 0 Å². The van der Waals surface area contributed by atoms with Crippen molar-refractivity contribution in [2.45, 2.75) is 25.5 Å². The molecule has 1 fully saturated rings. The van der Waals surface area contributed by atoms with Crippen molar-refractivity contribution in [3.8, 4) is 11.5 Å². The molecule has 0 saturated carbocycles. The Bertz CT molecular complexity index is 538. The minimum Gasteiger partial charge on any atom is -0.365 e. The smallest absolute Gasteiger partial charge is 0.224 e. The van der Waals surface area contributed by atoms with Crippen LogP contribution in [0.3, 0.4) is 0 Å². The van der Waals surface area contributed by atoms with Crippen LogP contribution in [0.1, 0.15) is 19.3 Å². The van der Waals surface area contributed by atoms with Crippen molar-refractivity contribution in [1.82, 2.24) is 10.9 Å². The molecule has 1 saturated heterocycles. The average Bonchev–Trinajstić information content (AvgIpc) is 2.99. The summed E-state index contributed by atoms with van der Waals surface area (Å²) < 4.78 is 0. The third kappa shape index (κ3) is 3.50. The summed E-state index contributed by atoms with van der Waals surface area (Å²) in [6.07, 6.45) is 1.34. The molecule has 2 aliphatic heterocycles. The van der Waals surface area contributed by atoms with Crippen molar-refractivity contribution in [3.63, 3.8) is 0 Å². The Morgan fingerprint density at radius 1 is 1.45 bits per heavy atom. The molecular weight excluding hydrogens is 358 g/mol. The van der Waals surface area contributed by atoms with Gasteiger partial charge in [0.2, 0.25) is 17.9 Å². The number of nitrogens with one attached hydrogen (secondary N) is 2. The van der Waals surface area contributed by atoms with Crippen LogP contribution in [0.4, 0.5) is 5.69 Å². The van der Waals surface area contributed by atoms with Crippen molar-refractivity contribution < 1.29 is 24.1 Å². The van der Waals surface area contributed by atoms with E-state index in [0.717, 1.165) is 11.8 Å². The van der Waals surface area contributed by atoms with Gasteiger partial charge in [-0.3, -0.25) is 14.5 Å². The molecule has 0 spiro atoms. The summed E-state index contributed by atoms with van der Waals surface area (Å²) in [5, 5.41) is 4.86. The summed E-state index contributed by atoms with van der Waals surface area (Å²) in [5.74, 6) is 0.914. The molecule has 0 radical (unpaired) electrons. The maximum absolute atomic E-state index is 11.9. The van der Waals surface area contributed by atoms with Gasteiger partial charge < -0.3 is 15.0 Å². The van der Waals surface area contributed by atoms with Gasteiger partial charge in [0, 0.05) is 18.2 Å². The highest BCUT2D eigenvalue weighted by Crippen LogP contribution is 2.41. The average molecular weight is 374 g/mol. The first-order valence-corrected chi connectivity index (χ1v) is 8.06. The molecule has 1 aromatic carbocycles. The first-order valence-electron chi connectivity index (χ1n) is 6.94. The lowest BCUT2D eigenvalue weighted by molar-refractivity contribution is -0.376. The number of alkyl halides is 1. The summed E-state index contributed by atoms with van der Waals surface area (Å²) in [6.45, 7) is 0.473. The van der Waals surface area contributed by atoms with Crippen molar-refractivity contribution in [3.05, 3.63) is 18.2 Å². The summed E-state index contributed by atoms with van der Waals surface area (Å²) in [4.78, 5) is 33.2. The van der Waals surface area contributed by atoms with Gasteiger partial charge in [-0.2, -0.15) is 0 Å². The quantitative estimate of drug-likeness (QED) is 0.762. The summed E-state index contributed by atoms with van der Waals surface area (Å²) in [6, 6.07) is 5.31. The monoisotopic (exact) mass is 373 g/mol.